The first-order valence-electron chi connectivity index (χ1n) is 5.93. The zero-order valence-corrected chi connectivity index (χ0v) is 12.1. The molecule has 3 N–H and O–H groups in total. The van der Waals surface area contributed by atoms with Gasteiger partial charge in [-0.1, -0.05) is 0 Å². The molecule has 1 atom stereocenters. The van der Waals surface area contributed by atoms with Gasteiger partial charge in [0.2, 0.25) is 0 Å². The van der Waals surface area contributed by atoms with Crippen LogP contribution in [0.2, 0.25) is 0 Å². The van der Waals surface area contributed by atoms with Crippen molar-refractivity contribution in [3.05, 3.63) is 0 Å². The molecule has 0 rings (SSSR count). The monoisotopic (exact) mass is 294 g/mol. The average molecular weight is 294 g/mol. The van der Waals surface area contributed by atoms with Gasteiger partial charge in [0.25, 0.3) is 0 Å². The van der Waals surface area contributed by atoms with Crippen LogP contribution in [0.25, 0.3) is 0 Å². The summed E-state index contributed by atoms with van der Waals surface area (Å²) in [4.78, 5) is 24.2. The number of hydrogen-bond acceptors (Lipinski definition) is 5. The second kappa shape index (κ2) is 10.9. The summed E-state index contributed by atoms with van der Waals surface area (Å²) in [5.41, 5.74) is 0. The molecule has 0 aliphatic carbocycles. The fraction of sp³-hybridized carbons (Fsp3) is 0.818. The van der Waals surface area contributed by atoms with Gasteiger partial charge in [-0.3, -0.25) is 0 Å². The number of nitrogens with zero attached hydrogens (tertiary/aromatic N) is 1. The Labute approximate surface area is 117 Å². The van der Waals surface area contributed by atoms with Crippen LogP contribution in [0, 0.1) is 0 Å². The van der Waals surface area contributed by atoms with Crippen molar-refractivity contribution >= 4 is 23.8 Å². The van der Waals surface area contributed by atoms with E-state index in [4.69, 9.17) is 14.9 Å². The van der Waals surface area contributed by atoms with E-state index in [-0.39, 0.29) is 13.2 Å². The average Bonchev–Trinajstić information content (AvgIpc) is 2.38. The van der Waals surface area contributed by atoms with Gasteiger partial charge in [-0.25, -0.2) is 9.59 Å². The Balaban J connectivity index is 4.42. The first kappa shape index (κ1) is 18.0. The van der Waals surface area contributed by atoms with E-state index in [1.807, 2.05) is 6.26 Å². The van der Waals surface area contributed by atoms with Crippen LogP contribution in [0.1, 0.15) is 6.42 Å². The van der Waals surface area contributed by atoms with Crippen molar-refractivity contribution in [1.82, 2.24) is 10.2 Å². The molecule has 0 saturated heterocycles. The number of aliphatic hydroxyl groups excluding tert-OH is 1. The number of carboxylic acids is 1. The topological polar surface area (TPSA) is 99.1 Å². The van der Waals surface area contributed by atoms with Crippen molar-refractivity contribution < 1.29 is 24.5 Å². The number of methoxy groups -OCH3 is 1. The molecule has 0 fully saturated rings. The molecular formula is C11H22N2O5S. The van der Waals surface area contributed by atoms with Crippen LogP contribution in [-0.2, 0) is 9.53 Å². The van der Waals surface area contributed by atoms with E-state index in [0.717, 1.165) is 0 Å². The standard InChI is InChI=1S/C11H22N2O5S/c1-18-7-5-13(4-6-14)11(17)12-9(10(15)16)3-8-19-2/h9,14H,3-8H2,1-2H3,(H,12,17)(H,15,16). The van der Waals surface area contributed by atoms with Crippen LogP contribution in [0.5, 0.6) is 0 Å². The van der Waals surface area contributed by atoms with Crippen molar-refractivity contribution in [3.8, 4) is 0 Å². The molecule has 0 aromatic carbocycles. The Kier molecular flexibility index (Phi) is 10.3. The molecule has 0 aromatic rings. The van der Waals surface area contributed by atoms with Gasteiger partial charge >= 0.3 is 12.0 Å². The maximum Gasteiger partial charge on any atom is 0.326 e. The highest BCUT2D eigenvalue weighted by atomic mass is 32.2. The Morgan fingerprint density at radius 3 is 2.58 bits per heavy atom. The minimum absolute atomic E-state index is 0.143. The summed E-state index contributed by atoms with van der Waals surface area (Å²) in [6.45, 7) is 0.595. The van der Waals surface area contributed by atoms with Crippen molar-refractivity contribution in [1.29, 1.82) is 0 Å². The van der Waals surface area contributed by atoms with Gasteiger partial charge in [-0.15, -0.1) is 0 Å². The Morgan fingerprint density at radius 2 is 2.11 bits per heavy atom. The van der Waals surface area contributed by atoms with Gasteiger partial charge in [0.05, 0.1) is 13.2 Å². The van der Waals surface area contributed by atoms with Crippen LogP contribution in [0.3, 0.4) is 0 Å². The second-order valence-electron chi connectivity index (χ2n) is 3.83. The number of urea groups is 1. The molecule has 19 heavy (non-hydrogen) atoms. The third-order valence-electron chi connectivity index (χ3n) is 2.43. The van der Waals surface area contributed by atoms with Crippen LogP contribution < -0.4 is 5.32 Å². The highest BCUT2D eigenvalue weighted by Gasteiger charge is 2.22. The van der Waals surface area contributed by atoms with E-state index < -0.39 is 18.0 Å². The zero-order chi connectivity index (χ0) is 14.7. The van der Waals surface area contributed by atoms with Crippen molar-refractivity contribution in [2.45, 2.75) is 12.5 Å². The molecule has 0 bridgehead atoms. The lowest BCUT2D eigenvalue weighted by Crippen LogP contribution is -2.49. The molecule has 7 nitrogen and oxygen atoms in total. The highest BCUT2D eigenvalue weighted by molar-refractivity contribution is 7.98. The van der Waals surface area contributed by atoms with Gasteiger partial charge in [0, 0.05) is 20.2 Å². The number of amides is 2. The van der Waals surface area contributed by atoms with Crippen LogP contribution >= 0.6 is 11.8 Å². The van der Waals surface area contributed by atoms with Gasteiger partial charge < -0.3 is 25.2 Å². The van der Waals surface area contributed by atoms with Gasteiger partial charge in [0.15, 0.2) is 0 Å². The number of aliphatic hydroxyl groups is 1. The normalized spacial score (nSPS) is 11.9. The van der Waals surface area contributed by atoms with Crippen LogP contribution in [-0.4, -0.2) is 78.6 Å². The van der Waals surface area contributed by atoms with Gasteiger partial charge in [-0.2, -0.15) is 11.8 Å². The SMILES string of the molecule is COCCN(CCO)C(=O)NC(CCSC)C(=O)O. The highest BCUT2D eigenvalue weighted by Crippen LogP contribution is 2.02. The molecule has 112 valence electrons. The maximum atomic E-state index is 11.9. The summed E-state index contributed by atoms with van der Waals surface area (Å²) in [5.74, 6) is -0.409. The van der Waals surface area contributed by atoms with Gasteiger partial charge in [-0.05, 0) is 18.4 Å². The lowest BCUT2D eigenvalue weighted by atomic mass is 10.2. The second-order valence-corrected chi connectivity index (χ2v) is 4.81. The predicted molar refractivity (Wildman–Crippen MR) is 73.5 cm³/mol. The number of carboxylic acid groups (broad SMARTS) is 1. The molecule has 2 amide bonds. The predicted octanol–water partition coefficient (Wildman–Crippen LogP) is -0.157. The Morgan fingerprint density at radius 1 is 1.42 bits per heavy atom. The number of nitrogens with one attached hydrogen (secondary N) is 1. The van der Waals surface area contributed by atoms with E-state index in [9.17, 15) is 9.59 Å². The number of ether oxygens (including phenoxy) is 1. The van der Waals surface area contributed by atoms with Crippen molar-refractivity contribution in [2.24, 2.45) is 0 Å². The number of thioether (sulfide) groups is 1. The van der Waals surface area contributed by atoms with Crippen molar-refractivity contribution in [2.75, 3.05) is 45.4 Å². The summed E-state index contributed by atoms with van der Waals surface area (Å²) in [6, 6.07) is -1.41. The number of rotatable bonds is 10. The van der Waals surface area contributed by atoms with Crippen LogP contribution in [0.15, 0.2) is 0 Å². The molecule has 8 heteroatoms. The van der Waals surface area contributed by atoms with E-state index in [2.05, 4.69) is 5.32 Å². The molecule has 0 spiro atoms. The third-order valence-corrected chi connectivity index (χ3v) is 3.07. The van der Waals surface area contributed by atoms with Crippen molar-refractivity contribution in [3.63, 3.8) is 0 Å². The van der Waals surface area contributed by atoms with Gasteiger partial charge in [0.1, 0.15) is 6.04 Å². The lowest BCUT2D eigenvalue weighted by Gasteiger charge is -2.24. The fourth-order valence-electron chi connectivity index (χ4n) is 1.37. The van der Waals surface area contributed by atoms with E-state index in [0.29, 0.717) is 25.3 Å². The number of aliphatic carboxylic acids is 1. The van der Waals surface area contributed by atoms with E-state index >= 15 is 0 Å². The van der Waals surface area contributed by atoms with Crippen LogP contribution in [0.4, 0.5) is 4.79 Å². The minimum atomic E-state index is -1.06. The maximum absolute atomic E-state index is 11.9. The molecule has 0 aromatic heterocycles. The number of carbonyl (C=O) groups is 2. The van der Waals surface area contributed by atoms with E-state index in [1.54, 1.807) is 0 Å². The Bertz CT molecular complexity index is 278. The first-order chi connectivity index (χ1) is 9.06. The Hall–Kier alpha value is -0.990. The third kappa shape index (κ3) is 7.91. The fourth-order valence-corrected chi connectivity index (χ4v) is 1.84. The summed E-state index contributed by atoms with van der Waals surface area (Å²) >= 11 is 1.52. The molecule has 0 radical (unpaired) electrons. The summed E-state index contributed by atoms with van der Waals surface area (Å²) in [6.07, 6.45) is 2.23. The molecule has 0 heterocycles. The smallest absolute Gasteiger partial charge is 0.326 e. The number of carbonyl (C=O) groups excluding carboxylic acids is 1. The summed E-state index contributed by atoms with van der Waals surface area (Å²) in [7, 11) is 1.51. The molecule has 1 unspecified atom stereocenters. The molecule has 0 aliphatic rings. The minimum Gasteiger partial charge on any atom is -0.480 e. The molecule has 0 aliphatic heterocycles. The van der Waals surface area contributed by atoms with E-state index in [1.165, 1.54) is 23.8 Å². The first-order valence-corrected chi connectivity index (χ1v) is 7.33. The number of hydrogen-bond donors (Lipinski definition) is 3. The molecular weight excluding hydrogens is 272 g/mol. The summed E-state index contributed by atoms with van der Waals surface area (Å²) < 4.78 is 4.86. The zero-order valence-electron chi connectivity index (χ0n) is 11.3. The lowest BCUT2D eigenvalue weighted by molar-refractivity contribution is -0.139. The largest absolute Gasteiger partial charge is 0.480 e. The molecule has 0 saturated carbocycles. The quantitative estimate of drug-likeness (QED) is 0.518. The summed E-state index contributed by atoms with van der Waals surface area (Å²) in [5, 5.41) is 20.4.